The van der Waals surface area contributed by atoms with Gasteiger partial charge in [-0.3, -0.25) is 0 Å². The van der Waals surface area contributed by atoms with E-state index in [1.54, 1.807) is 12.4 Å². The highest BCUT2D eigenvalue weighted by atomic mass is 16.5. The van der Waals surface area contributed by atoms with Crippen molar-refractivity contribution in [3.05, 3.63) is 36.7 Å². The number of ether oxygens (including phenoxy) is 1. The summed E-state index contributed by atoms with van der Waals surface area (Å²) in [5.41, 5.74) is 3.22. The zero-order chi connectivity index (χ0) is 17.4. The van der Waals surface area contributed by atoms with Crippen LogP contribution in [0.5, 0.6) is 0 Å². The molecule has 3 unspecified atom stereocenters. The van der Waals surface area contributed by atoms with Gasteiger partial charge in [-0.1, -0.05) is 29.5 Å². The van der Waals surface area contributed by atoms with E-state index < -0.39 is 18.4 Å². The third kappa shape index (κ3) is 3.04. The van der Waals surface area contributed by atoms with Crippen LogP contribution in [0.15, 0.2) is 36.7 Å². The summed E-state index contributed by atoms with van der Waals surface area (Å²) in [4.78, 5) is 0. The third-order valence-corrected chi connectivity index (χ3v) is 4.29. The van der Waals surface area contributed by atoms with Gasteiger partial charge in [-0.25, -0.2) is 4.68 Å². The minimum absolute atomic E-state index is 0.169. The van der Waals surface area contributed by atoms with Gasteiger partial charge in [0.2, 0.25) is 0 Å². The van der Waals surface area contributed by atoms with Crippen molar-refractivity contribution in [3.8, 4) is 22.5 Å². The van der Waals surface area contributed by atoms with Gasteiger partial charge in [0.25, 0.3) is 0 Å². The summed E-state index contributed by atoms with van der Waals surface area (Å²) in [5, 5.41) is 38.7. The molecule has 1 aliphatic heterocycles. The second-order valence-corrected chi connectivity index (χ2v) is 6.15. The van der Waals surface area contributed by atoms with E-state index in [9.17, 15) is 10.2 Å². The number of H-pyrrole nitrogens is 1. The molecule has 1 aliphatic rings. The van der Waals surface area contributed by atoms with E-state index >= 15 is 0 Å². The minimum atomic E-state index is -1.04. The van der Waals surface area contributed by atoms with Crippen LogP contribution < -0.4 is 0 Å². The Bertz CT molecular complexity index is 832. The SMILES string of the molecule is CC1CC(O)C(O)[C@@H](n2cc(-c3ccc(-c4cn[nH]n4)cc3)nn2)O1. The summed E-state index contributed by atoms with van der Waals surface area (Å²) < 4.78 is 7.15. The molecule has 3 N–H and O–H groups in total. The molecule has 1 fully saturated rings. The fourth-order valence-electron chi connectivity index (χ4n) is 2.95. The average molecular weight is 342 g/mol. The lowest BCUT2D eigenvalue weighted by atomic mass is 10.0. The standard InChI is InChI=1S/C16H18N6O3/c1-9-6-14(23)15(24)16(25-9)22-8-13(19-21-22)11-4-2-10(3-5-11)12-7-17-20-18-12/h2-5,7-9,14-16,23-24H,6H2,1H3,(H,17,18,20)/t9?,14?,15?,16-/m0/s1. The Morgan fingerprint density at radius 2 is 1.88 bits per heavy atom. The number of aliphatic hydroxyl groups excluding tert-OH is 2. The van der Waals surface area contributed by atoms with Gasteiger partial charge in [-0.2, -0.15) is 15.4 Å². The predicted octanol–water partition coefficient (Wildman–Crippen LogP) is 0.759. The monoisotopic (exact) mass is 342 g/mol. The van der Waals surface area contributed by atoms with Gasteiger partial charge in [-0.15, -0.1) is 5.10 Å². The summed E-state index contributed by atoms with van der Waals surface area (Å²) in [6.07, 6.45) is 0.933. The second-order valence-electron chi connectivity index (χ2n) is 6.15. The van der Waals surface area contributed by atoms with Gasteiger partial charge >= 0.3 is 0 Å². The lowest BCUT2D eigenvalue weighted by Gasteiger charge is -2.35. The predicted molar refractivity (Wildman–Crippen MR) is 87.0 cm³/mol. The van der Waals surface area contributed by atoms with Crippen molar-refractivity contribution in [2.75, 3.05) is 0 Å². The molecular weight excluding hydrogens is 324 g/mol. The molecule has 9 heteroatoms. The van der Waals surface area contributed by atoms with Crippen LogP contribution in [-0.2, 0) is 4.74 Å². The van der Waals surface area contributed by atoms with E-state index in [1.165, 1.54) is 4.68 Å². The number of aromatic amines is 1. The van der Waals surface area contributed by atoms with E-state index in [-0.39, 0.29) is 6.10 Å². The molecule has 25 heavy (non-hydrogen) atoms. The van der Waals surface area contributed by atoms with Gasteiger partial charge in [0, 0.05) is 17.5 Å². The minimum Gasteiger partial charge on any atom is -0.390 e. The molecule has 1 aromatic carbocycles. The molecule has 0 amide bonds. The zero-order valence-corrected chi connectivity index (χ0v) is 13.5. The number of hydrogen-bond acceptors (Lipinski definition) is 7. The molecule has 4 atom stereocenters. The van der Waals surface area contributed by atoms with Crippen molar-refractivity contribution in [1.29, 1.82) is 0 Å². The Hall–Kier alpha value is -2.62. The quantitative estimate of drug-likeness (QED) is 0.642. The molecule has 3 heterocycles. The first kappa shape index (κ1) is 15.9. The molecule has 0 bridgehead atoms. The number of hydrogen-bond donors (Lipinski definition) is 3. The van der Waals surface area contributed by atoms with Gasteiger partial charge in [0.05, 0.1) is 24.6 Å². The number of rotatable bonds is 3. The molecule has 3 aromatic rings. The number of benzene rings is 1. The highest BCUT2D eigenvalue weighted by Crippen LogP contribution is 2.28. The van der Waals surface area contributed by atoms with Crippen molar-refractivity contribution < 1.29 is 14.9 Å². The number of nitrogens with one attached hydrogen (secondary N) is 1. The molecule has 0 aliphatic carbocycles. The fraction of sp³-hybridized carbons (Fsp3) is 0.375. The number of nitrogens with zero attached hydrogens (tertiary/aromatic N) is 5. The Morgan fingerprint density at radius 1 is 1.16 bits per heavy atom. The smallest absolute Gasteiger partial charge is 0.180 e. The summed E-state index contributed by atoms with van der Waals surface area (Å²) in [7, 11) is 0. The van der Waals surface area contributed by atoms with Crippen molar-refractivity contribution in [3.63, 3.8) is 0 Å². The highest BCUT2D eigenvalue weighted by Gasteiger charge is 2.36. The van der Waals surface area contributed by atoms with Crippen LogP contribution >= 0.6 is 0 Å². The van der Waals surface area contributed by atoms with E-state index in [0.29, 0.717) is 12.1 Å². The summed E-state index contributed by atoms with van der Waals surface area (Å²) >= 11 is 0. The Kier molecular flexibility index (Phi) is 4.04. The van der Waals surface area contributed by atoms with Crippen LogP contribution in [0.4, 0.5) is 0 Å². The Balaban J connectivity index is 1.57. The second kappa shape index (κ2) is 6.36. The zero-order valence-electron chi connectivity index (χ0n) is 13.5. The van der Waals surface area contributed by atoms with Gasteiger partial charge in [-0.05, 0) is 6.92 Å². The Morgan fingerprint density at radius 3 is 2.56 bits per heavy atom. The van der Waals surface area contributed by atoms with Crippen molar-refractivity contribution in [2.45, 2.75) is 37.9 Å². The Labute approximate surface area is 143 Å². The average Bonchev–Trinajstić information content (AvgIpc) is 3.30. The van der Waals surface area contributed by atoms with Gasteiger partial charge in [0.15, 0.2) is 6.23 Å². The normalized spacial score (nSPS) is 26.7. The number of aromatic nitrogens is 6. The molecule has 130 valence electrons. The van der Waals surface area contributed by atoms with E-state index in [4.69, 9.17) is 4.74 Å². The van der Waals surface area contributed by atoms with Crippen LogP contribution in [0.3, 0.4) is 0 Å². The summed E-state index contributed by atoms with van der Waals surface area (Å²) in [6, 6.07) is 7.66. The molecule has 2 aromatic heterocycles. The van der Waals surface area contributed by atoms with Crippen molar-refractivity contribution in [1.82, 2.24) is 30.4 Å². The highest BCUT2D eigenvalue weighted by molar-refractivity contribution is 5.65. The molecule has 0 radical (unpaired) electrons. The van der Waals surface area contributed by atoms with Gasteiger partial charge < -0.3 is 14.9 Å². The van der Waals surface area contributed by atoms with E-state index in [2.05, 4.69) is 25.7 Å². The maximum Gasteiger partial charge on any atom is 0.180 e. The fourth-order valence-corrected chi connectivity index (χ4v) is 2.95. The van der Waals surface area contributed by atoms with E-state index in [1.807, 2.05) is 31.2 Å². The molecule has 4 rings (SSSR count). The third-order valence-electron chi connectivity index (χ3n) is 4.29. The van der Waals surface area contributed by atoms with Crippen LogP contribution in [-0.4, -0.2) is 58.9 Å². The van der Waals surface area contributed by atoms with Gasteiger partial charge in [0.1, 0.15) is 17.5 Å². The molecule has 9 nitrogen and oxygen atoms in total. The first-order valence-corrected chi connectivity index (χ1v) is 8.02. The molecular formula is C16H18N6O3. The van der Waals surface area contributed by atoms with E-state index in [0.717, 1.165) is 16.8 Å². The first-order valence-electron chi connectivity index (χ1n) is 8.02. The summed E-state index contributed by atoms with van der Waals surface area (Å²) in [5.74, 6) is 0. The topological polar surface area (TPSA) is 122 Å². The maximum atomic E-state index is 10.2. The molecule has 1 saturated heterocycles. The van der Waals surface area contributed by atoms with Crippen molar-refractivity contribution >= 4 is 0 Å². The lowest BCUT2D eigenvalue weighted by molar-refractivity contribution is -0.197. The van der Waals surface area contributed by atoms with Crippen LogP contribution in [0.2, 0.25) is 0 Å². The lowest BCUT2D eigenvalue weighted by Crippen LogP contribution is -2.45. The van der Waals surface area contributed by atoms with Crippen LogP contribution in [0, 0.1) is 0 Å². The first-order chi connectivity index (χ1) is 12.1. The van der Waals surface area contributed by atoms with Crippen LogP contribution in [0.1, 0.15) is 19.6 Å². The maximum absolute atomic E-state index is 10.2. The summed E-state index contributed by atoms with van der Waals surface area (Å²) in [6.45, 7) is 1.85. The molecule has 0 saturated carbocycles. The number of aliphatic hydroxyl groups is 2. The van der Waals surface area contributed by atoms with Crippen molar-refractivity contribution in [2.24, 2.45) is 0 Å². The largest absolute Gasteiger partial charge is 0.390 e. The molecule has 0 spiro atoms. The van der Waals surface area contributed by atoms with Crippen LogP contribution in [0.25, 0.3) is 22.5 Å².